The Morgan fingerprint density at radius 2 is 1.80 bits per heavy atom. The molecule has 2 saturated heterocycles. The number of carbonyl (C=O) groups excluding carboxylic acids is 2. The standard InChI is InChI=1S/C30H36FN5O3.C6H12O/c1-19(2)26(32)9-10-27(33)20-5-7-23(8-6-20)39-28-17-24(30(38)35-22-11-13-34-14-12-22)25(31)16-21(28)18-36-15-3-4-29(36)37;1-6(7)4-2-3-5-6/h5-10,16-17,19,22,32-34H,3-4,11-15,18H2,1-2H3,(H,35,38);7H,2-5H2,1H3/b10-9-,32-26?,33-27?;. The van der Waals surface area contributed by atoms with E-state index in [1.807, 2.05) is 20.8 Å². The minimum atomic E-state index is -0.655. The SMILES string of the molecule is CC(C)C(=N)/C=C\C(=N)c1ccc(Oc2cc(C(=O)NC3CCNCC3)c(F)cc2CN2CCCC2=O)cc1.CC1(O)CCCC1. The Hall–Kier alpha value is -3.89. The summed E-state index contributed by atoms with van der Waals surface area (Å²) in [7, 11) is 0. The summed E-state index contributed by atoms with van der Waals surface area (Å²) in [6, 6.07) is 9.56. The van der Waals surface area contributed by atoms with Crippen LogP contribution in [0.4, 0.5) is 4.39 Å². The first kappa shape index (κ1) is 35.0. The largest absolute Gasteiger partial charge is 0.457 e. The summed E-state index contributed by atoms with van der Waals surface area (Å²) in [4.78, 5) is 26.9. The topological polar surface area (TPSA) is 139 Å². The minimum absolute atomic E-state index is 0.00977. The van der Waals surface area contributed by atoms with Crippen molar-refractivity contribution in [3.05, 3.63) is 71.1 Å². The van der Waals surface area contributed by atoms with E-state index in [0.717, 1.165) is 45.2 Å². The van der Waals surface area contributed by atoms with Crippen LogP contribution in [0.25, 0.3) is 0 Å². The van der Waals surface area contributed by atoms with Gasteiger partial charge in [-0.25, -0.2) is 4.39 Å². The lowest BCUT2D eigenvalue weighted by atomic mass is 10.0. The summed E-state index contributed by atoms with van der Waals surface area (Å²) in [5.74, 6) is -0.295. The normalized spacial score (nSPS) is 18.0. The maximum atomic E-state index is 15.2. The number of halogens is 1. The highest BCUT2D eigenvalue weighted by atomic mass is 19.1. The maximum Gasteiger partial charge on any atom is 0.254 e. The third-order valence-corrected chi connectivity index (χ3v) is 8.73. The van der Waals surface area contributed by atoms with Gasteiger partial charge < -0.3 is 36.2 Å². The molecule has 1 aliphatic carbocycles. The summed E-state index contributed by atoms with van der Waals surface area (Å²) in [5.41, 5.74) is 1.43. The second-order valence-corrected chi connectivity index (χ2v) is 13.0. The number of likely N-dealkylation sites (tertiary alicyclic amines) is 1. The molecule has 46 heavy (non-hydrogen) atoms. The molecule has 2 aliphatic heterocycles. The third kappa shape index (κ3) is 10.1. The highest BCUT2D eigenvalue weighted by molar-refractivity contribution is 6.10. The van der Waals surface area contributed by atoms with Crippen LogP contribution < -0.4 is 15.4 Å². The maximum absolute atomic E-state index is 15.2. The molecule has 3 fully saturated rings. The van der Waals surface area contributed by atoms with Crippen molar-refractivity contribution >= 4 is 23.2 Å². The van der Waals surface area contributed by atoms with Gasteiger partial charge in [-0.1, -0.05) is 26.7 Å². The van der Waals surface area contributed by atoms with E-state index < -0.39 is 11.7 Å². The lowest BCUT2D eigenvalue weighted by molar-refractivity contribution is -0.128. The van der Waals surface area contributed by atoms with Crippen LogP contribution in [0.3, 0.4) is 0 Å². The van der Waals surface area contributed by atoms with Gasteiger partial charge in [-0.15, -0.1) is 0 Å². The summed E-state index contributed by atoms with van der Waals surface area (Å²) in [5, 5.41) is 31.6. The third-order valence-electron chi connectivity index (χ3n) is 8.73. The van der Waals surface area contributed by atoms with Gasteiger partial charge in [0.15, 0.2) is 0 Å². The number of nitrogens with zero attached hydrogens (tertiary/aromatic N) is 1. The highest BCUT2D eigenvalue weighted by Crippen LogP contribution is 2.31. The molecule has 2 amide bonds. The average molecular weight is 634 g/mol. The van der Waals surface area contributed by atoms with E-state index in [2.05, 4.69) is 10.6 Å². The molecular formula is C36H48FN5O4. The van der Waals surface area contributed by atoms with E-state index in [-0.39, 0.29) is 41.3 Å². The monoisotopic (exact) mass is 633 g/mol. The average Bonchev–Trinajstić information content (AvgIpc) is 3.64. The molecule has 1 saturated carbocycles. The minimum Gasteiger partial charge on any atom is -0.457 e. The number of piperidine rings is 1. The Morgan fingerprint density at radius 3 is 2.37 bits per heavy atom. The fourth-order valence-electron chi connectivity index (χ4n) is 5.72. The molecule has 0 unspecified atom stereocenters. The first-order valence-corrected chi connectivity index (χ1v) is 16.4. The molecule has 2 heterocycles. The second-order valence-electron chi connectivity index (χ2n) is 13.0. The molecule has 10 heteroatoms. The zero-order valence-electron chi connectivity index (χ0n) is 27.3. The molecular weight excluding hydrogens is 585 g/mol. The van der Waals surface area contributed by atoms with Gasteiger partial charge in [-0.05, 0) is 112 Å². The Bertz CT molecular complexity index is 1420. The number of allylic oxidation sites excluding steroid dienone is 2. The molecule has 0 bridgehead atoms. The van der Waals surface area contributed by atoms with Crippen molar-refractivity contribution in [2.75, 3.05) is 19.6 Å². The number of hydrogen-bond acceptors (Lipinski definition) is 7. The lowest BCUT2D eigenvalue weighted by Gasteiger charge is -2.24. The van der Waals surface area contributed by atoms with Gasteiger partial charge in [0, 0.05) is 36.8 Å². The van der Waals surface area contributed by atoms with Crippen molar-refractivity contribution in [1.29, 1.82) is 10.8 Å². The molecule has 5 N–H and O–H groups in total. The summed E-state index contributed by atoms with van der Waals surface area (Å²) in [6.07, 6.45) is 10.4. The van der Waals surface area contributed by atoms with Gasteiger partial charge in [0.2, 0.25) is 5.91 Å². The first-order chi connectivity index (χ1) is 21.9. The Morgan fingerprint density at radius 1 is 1.13 bits per heavy atom. The molecule has 0 aromatic heterocycles. The first-order valence-electron chi connectivity index (χ1n) is 16.4. The molecule has 3 aliphatic rings. The van der Waals surface area contributed by atoms with Gasteiger partial charge in [0.1, 0.15) is 17.3 Å². The fourth-order valence-corrected chi connectivity index (χ4v) is 5.72. The van der Waals surface area contributed by atoms with E-state index in [9.17, 15) is 14.7 Å². The molecule has 0 spiro atoms. The molecule has 9 nitrogen and oxygen atoms in total. The lowest BCUT2D eigenvalue weighted by Crippen LogP contribution is -2.42. The smallest absolute Gasteiger partial charge is 0.254 e. The Labute approximate surface area is 271 Å². The zero-order valence-corrected chi connectivity index (χ0v) is 27.3. The van der Waals surface area contributed by atoms with Crippen LogP contribution in [-0.2, 0) is 11.3 Å². The van der Waals surface area contributed by atoms with E-state index in [1.54, 1.807) is 41.3 Å². The number of amides is 2. The number of aliphatic hydroxyl groups is 1. The summed E-state index contributed by atoms with van der Waals surface area (Å²) in [6.45, 7) is 8.15. The predicted molar refractivity (Wildman–Crippen MR) is 179 cm³/mol. The van der Waals surface area contributed by atoms with Crippen LogP contribution in [0.5, 0.6) is 11.5 Å². The zero-order chi connectivity index (χ0) is 33.3. The highest BCUT2D eigenvalue weighted by Gasteiger charge is 2.26. The number of rotatable bonds is 10. The van der Waals surface area contributed by atoms with Crippen molar-refractivity contribution in [1.82, 2.24) is 15.5 Å². The van der Waals surface area contributed by atoms with Gasteiger partial charge >= 0.3 is 0 Å². The van der Waals surface area contributed by atoms with E-state index in [0.29, 0.717) is 41.3 Å². The number of carbonyl (C=O) groups is 2. The number of nitrogens with one attached hydrogen (secondary N) is 4. The van der Waals surface area contributed by atoms with E-state index >= 15 is 4.39 Å². The molecule has 2 aromatic rings. The summed E-state index contributed by atoms with van der Waals surface area (Å²) >= 11 is 0. The number of hydrogen-bond donors (Lipinski definition) is 5. The Kier molecular flexibility index (Phi) is 12.2. The Balaban J connectivity index is 0.000000606. The van der Waals surface area contributed by atoms with Crippen molar-refractivity contribution < 1.29 is 23.8 Å². The predicted octanol–water partition coefficient (Wildman–Crippen LogP) is 6.13. The molecule has 248 valence electrons. The van der Waals surface area contributed by atoms with Crippen LogP contribution >= 0.6 is 0 Å². The fraction of sp³-hybridized carbons (Fsp3) is 0.500. The number of benzene rings is 2. The van der Waals surface area contributed by atoms with Crippen LogP contribution in [0.1, 0.15) is 93.6 Å². The van der Waals surface area contributed by atoms with Crippen molar-refractivity contribution in [3.63, 3.8) is 0 Å². The van der Waals surface area contributed by atoms with Gasteiger partial charge in [0.25, 0.3) is 5.91 Å². The number of ether oxygens (including phenoxy) is 1. The van der Waals surface area contributed by atoms with Crippen molar-refractivity contribution in [3.8, 4) is 11.5 Å². The quantitative estimate of drug-likeness (QED) is 0.200. The van der Waals surface area contributed by atoms with Crippen molar-refractivity contribution in [2.45, 2.75) is 90.3 Å². The molecule has 5 rings (SSSR count). The van der Waals surface area contributed by atoms with Gasteiger partial charge in [-0.3, -0.25) is 9.59 Å². The second kappa shape index (κ2) is 16.1. The van der Waals surface area contributed by atoms with Crippen LogP contribution in [0.2, 0.25) is 0 Å². The van der Waals surface area contributed by atoms with Crippen LogP contribution in [0.15, 0.2) is 48.6 Å². The summed E-state index contributed by atoms with van der Waals surface area (Å²) < 4.78 is 21.3. The van der Waals surface area contributed by atoms with Crippen LogP contribution in [0, 0.1) is 22.6 Å². The van der Waals surface area contributed by atoms with Crippen molar-refractivity contribution in [2.24, 2.45) is 5.92 Å². The van der Waals surface area contributed by atoms with E-state index in [1.165, 1.54) is 25.0 Å². The van der Waals surface area contributed by atoms with E-state index in [4.69, 9.17) is 15.6 Å². The molecule has 0 radical (unpaired) electrons. The van der Waals surface area contributed by atoms with Gasteiger partial charge in [-0.2, -0.15) is 0 Å². The molecule has 2 aromatic carbocycles. The van der Waals surface area contributed by atoms with Crippen LogP contribution in [-0.4, -0.2) is 64.5 Å². The molecule has 0 atom stereocenters. The van der Waals surface area contributed by atoms with Gasteiger partial charge in [0.05, 0.1) is 16.9 Å².